The number of rotatable bonds is 5. The van der Waals surface area contributed by atoms with E-state index >= 15 is 0 Å². The van der Waals surface area contributed by atoms with Gasteiger partial charge >= 0.3 is 37.4 Å². The summed E-state index contributed by atoms with van der Waals surface area (Å²) in [5.41, 5.74) is 2.02. The fraction of sp³-hybridized carbons (Fsp3) is 0. The van der Waals surface area contributed by atoms with E-state index in [1.54, 1.807) is 54.6 Å². The molecule has 0 saturated carbocycles. The van der Waals surface area contributed by atoms with Crippen molar-refractivity contribution in [2.45, 2.75) is 0 Å². The fourth-order valence-electron chi connectivity index (χ4n) is 2.10. The third-order valence-corrected chi connectivity index (χ3v) is 4.01. The number of para-hydroxylation sites is 1. The third kappa shape index (κ3) is 5.23. The predicted octanol–water partition coefficient (Wildman–Crippen LogP) is 1.28. The maximum absolute atomic E-state index is 11.9. The van der Waals surface area contributed by atoms with Crippen molar-refractivity contribution in [2.75, 3.05) is 0 Å². The van der Waals surface area contributed by atoms with Crippen molar-refractivity contribution >= 4 is 7.82 Å². The first-order valence-corrected chi connectivity index (χ1v) is 8.49. The van der Waals surface area contributed by atoms with E-state index in [2.05, 4.69) is 0 Å². The van der Waals surface area contributed by atoms with Gasteiger partial charge < -0.3 is 13.9 Å². The van der Waals surface area contributed by atoms with Gasteiger partial charge in [-0.05, 0) is 35.4 Å². The van der Waals surface area contributed by atoms with Crippen molar-refractivity contribution in [3.8, 4) is 22.6 Å². The standard InChI is InChI=1S/C18H15O4P.Na/c19-23(20,21-17-9-5-2-6-10-17)22-18-13-11-16(12-14-18)15-7-3-1-4-8-15;/h1-14H,(H,19,20);/q;+1/p-1. The topological polar surface area (TPSA) is 58.6 Å². The minimum Gasteiger partial charge on any atom is -0.736 e. The molecular weight excluding hydrogens is 334 g/mol. The Morgan fingerprint density at radius 3 is 1.58 bits per heavy atom. The van der Waals surface area contributed by atoms with Gasteiger partial charge in [0.25, 0.3) is 0 Å². The molecule has 0 aromatic heterocycles. The molecule has 0 N–H and O–H groups in total. The number of phosphoric ester groups is 1. The Kier molecular flexibility index (Phi) is 6.67. The number of hydrogen-bond donors (Lipinski definition) is 0. The molecule has 0 amide bonds. The van der Waals surface area contributed by atoms with Gasteiger partial charge in [0, 0.05) is 0 Å². The molecule has 1 atom stereocenters. The molecule has 3 aromatic rings. The molecule has 0 saturated heterocycles. The van der Waals surface area contributed by atoms with Crippen LogP contribution in [0.3, 0.4) is 0 Å². The largest absolute Gasteiger partial charge is 1.00 e. The molecule has 0 heterocycles. The Bertz CT molecular complexity index is 807. The first-order chi connectivity index (χ1) is 11.1. The van der Waals surface area contributed by atoms with E-state index in [-0.39, 0.29) is 41.1 Å². The van der Waals surface area contributed by atoms with Gasteiger partial charge in [0.1, 0.15) is 11.5 Å². The second kappa shape index (κ2) is 8.52. The van der Waals surface area contributed by atoms with Gasteiger partial charge in [-0.1, -0.05) is 60.7 Å². The van der Waals surface area contributed by atoms with Crippen LogP contribution in [0.15, 0.2) is 84.9 Å². The van der Waals surface area contributed by atoms with Crippen molar-refractivity contribution in [3.63, 3.8) is 0 Å². The van der Waals surface area contributed by atoms with E-state index in [0.717, 1.165) is 11.1 Å². The molecule has 0 spiro atoms. The Morgan fingerprint density at radius 1 is 0.625 bits per heavy atom. The van der Waals surface area contributed by atoms with E-state index < -0.39 is 7.82 Å². The quantitative estimate of drug-likeness (QED) is 0.515. The van der Waals surface area contributed by atoms with Crippen molar-refractivity contribution in [1.29, 1.82) is 0 Å². The Morgan fingerprint density at radius 2 is 1.04 bits per heavy atom. The van der Waals surface area contributed by atoms with Crippen LogP contribution in [-0.4, -0.2) is 0 Å². The molecule has 1 unspecified atom stereocenters. The molecule has 3 rings (SSSR count). The molecule has 24 heavy (non-hydrogen) atoms. The monoisotopic (exact) mass is 348 g/mol. The van der Waals surface area contributed by atoms with Crippen molar-refractivity contribution in [2.24, 2.45) is 0 Å². The average Bonchev–Trinajstić information content (AvgIpc) is 2.56. The molecule has 116 valence electrons. The van der Waals surface area contributed by atoms with Gasteiger partial charge in [0.15, 0.2) is 0 Å². The van der Waals surface area contributed by atoms with E-state index in [9.17, 15) is 9.46 Å². The third-order valence-electron chi connectivity index (χ3n) is 3.14. The second-order valence-corrected chi connectivity index (χ2v) is 6.09. The van der Waals surface area contributed by atoms with Crippen LogP contribution in [0, 0.1) is 0 Å². The van der Waals surface area contributed by atoms with Gasteiger partial charge in [-0.25, -0.2) is 4.57 Å². The molecule has 3 aromatic carbocycles. The Balaban J connectivity index is 0.00000208. The molecule has 0 aliphatic carbocycles. The van der Waals surface area contributed by atoms with E-state index in [0.29, 0.717) is 0 Å². The molecule has 0 radical (unpaired) electrons. The van der Waals surface area contributed by atoms with Crippen LogP contribution in [0.4, 0.5) is 0 Å². The minimum atomic E-state index is -4.47. The smallest absolute Gasteiger partial charge is 0.736 e. The maximum atomic E-state index is 11.9. The normalized spacial score (nSPS) is 12.5. The van der Waals surface area contributed by atoms with Crippen LogP contribution in [0.25, 0.3) is 11.1 Å². The van der Waals surface area contributed by atoms with Gasteiger partial charge in [0.2, 0.25) is 0 Å². The van der Waals surface area contributed by atoms with Crippen LogP contribution in [0.5, 0.6) is 11.5 Å². The summed E-state index contributed by atoms with van der Waals surface area (Å²) in [6.07, 6.45) is 0. The molecule has 0 bridgehead atoms. The molecule has 0 aliphatic heterocycles. The number of benzene rings is 3. The Labute approximate surface area is 163 Å². The summed E-state index contributed by atoms with van der Waals surface area (Å²) in [5.74, 6) is 0.422. The predicted molar refractivity (Wildman–Crippen MR) is 87.2 cm³/mol. The second-order valence-electron chi connectivity index (χ2n) is 4.83. The summed E-state index contributed by atoms with van der Waals surface area (Å²) in [5, 5.41) is 0. The van der Waals surface area contributed by atoms with Crippen molar-refractivity contribution in [3.05, 3.63) is 84.9 Å². The summed E-state index contributed by atoms with van der Waals surface area (Å²) in [6, 6.07) is 24.8. The fourth-order valence-corrected chi connectivity index (χ4v) is 2.89. The van der Waals surface area contributed by atoms with Crippen LogP contribution in [-0.2, 0) is 4.57 Å². The Hall–Kier alpha value is -1.55. The first-order valence-electron chi connectivity index (χ1n) is 7.03. The van der Waals surface area contributed by atoms with Gasteiger partial charge in [-0.15, -0.1) is 0 Å². The molecule has 6 heteroatoms. The van der Waals surface area contributed by atoms with E-state index in [1.807, 2.05) is 30.3 Å². The molecule has 4 nitrogen and oxygen atoms in total. The molecule has 0 fully saturated rings. The first kappa shape index (κ1) is 18.8. The maximum Gasteiger partial charge on any atom is 1.00 e. The minimum absolute atomic E-state index is 0. The molecular formula is C18H14NaO4P. The number of hydrogen-bond acceptors (Lipinski definition) is 4. The SMILES string of the molecule is O=P([O-])(Oc1ccccc1)Oc1ccc(-c2ccccc2)cc1.[Na+]. The zero-order chi connectivity index (χ0) is 16.1. The van der Waals surface area contributed by atoms with Crippen LogP contribution in [0.1, 0.15) is 0 Å². The summed E-state index contributed by atoms with van der Waals surface area (Å²) in [4.78, 5) is 11.9. The van der Waals surface area contributed by atoms with Crippen molar-refractivity contribution < 1.29 is 48.1 Å². The number of phosphoric acid groups is 1. The van der Waals surface area contributed by atoms with Crippen LogP contribution in [0.2, 0.25) is 0 Å². The van der Waals surface area contributed by atoms with E-state index in [1.165, 1.54) is 0 Å². The zero-order valence-corrected chi connectivity index (χ0v) is 16.1. The summed E-state index contributed by atoms with van der Waals surface area (Å²) in [6.45, 7) is 0. The summed E-state index contributed by atoms with van der Waals surface area (Å²) < 4.78 is 21.8. The zero-order valence-electron chi connectivity index (χ0n) is 13.2. The van der Waals surface area contributed by atoms with Gasteiger partial charge in [0.05, 0.1) is 0 Å². The van der Waals surface area contributed by atoms with Crippen LogP contribution >= 0.6 is 7.82 Å². The summed E-state index contributed by atoms with van der Waals surface area (Å²) in [7, 11) is -4.47. The average molecular weight is 348 g/mol. The van der Waals surface area contributed by atoms with E-state index in [4.69, 9.17) is 9.05 Å². The molecule has 0 aliphatic rings. The van der Waals surface area contributed by atoms with Crippen LogP contribution < -0.4 is 43.5 Å². The van der Waals surface area contributed by atoms with Gasteiger partial charge in [-0.2, -0.15) is 0 Å². The van der Waals surface area contributed by atoms with Gasteiger partial charge in [-0.3, -0.25) is 0 Å². The van der Waals surface area contributed by atoms with Crippen molar-refractivity contribution in [1.82, 2.24) is 0 Å². The summed E-state index contributed by atoms with van der Waals surface area (Å²) >= 11 is 0.